The van der Waals surface area contributed by atoms with Gasteiger partial charge in [-0.05, 0) is 68.9 Å². The maximum absolute atomic E-state index is 14.2. The van der Waals surface area contributed by atoms with Crippen molar-refractivity contribution in [2.75, 3.05) is 44.2 Å². The molecule has 2 heterocycles. The molecule has 0 radical (unpaired) electrons. The predicted molar refractivity (Wildman–Crippen MR) is 131 cm³/mol. The van der Waals surface area contributed by atoms with Crippen molar-refractivity contribution in [3.63, 3.8) is 0 Å². The summed E-state index contributed by atoms with van der Waals surface area (Å²) >= 11 is 0. The Bertz CT molecular complexity index is 1010. The third kappa shape index (κ3) is 5.23. The normalized spacial score (nSPS) is 25.4. The molecule has 2 aliphatic heterocycles. The lowest BCUT2D eigenvalue weighted by Gasteiger charge is -2.46. The van der Waals surface area contributed by atoms with Crippen LogP contribution < -0.4 is 9.64 Å². The van der Waals surface area contributed by atoms with Crippen LogP contribution in [-0.4, -0.2) is 76.9 Å². The molecule has 2 aromatic carbocycles. The fourth-order valence-corrected chi connectivity index (χ4v) is 5.21. The number of aliphatic hydroxyl groups is 3. The Morgan fingerprint density at radius 3 is 2.38 bits per heavy atom. The summed E-state index contributed by atoms with van der Waals surface area (Å²) < 4.78 is 20.2. The number of hydrogen-bond donors (Lipinski definition) is 3. The van der Waals surface area contributed by atoms with E-state index in [0.29, 0.717) is 51.1 Å². The number of halogens is 1. The lowest BCUT2D eigenvalue weighted by Crippen LogP contribution is -2.62. The van der Waals surface area contributed by atoms with Crippen molar-refractivity contribution < 1.29 is 24.4 Å². The van der Waals surface area contributed by atoms with Gasteiger partial charge in [0.05, 0.1) is 17.4 Å². The number of β-amino-alcohol motifs (C(OH)–C–C–N with tert-alkyl or cyclic N) is 2. The first kappa shape index (κ1) is 24.9. The lowest BCUT2D eigenvalue weighted by atomic mass is 9.86. The summed E-state index contributed by atoms with van der Waals surface area (Å²) in [6.07, 6.45) is 0.531. The van der Waals surface area contributed by atoms with Gasteiger partial charge in [0.2, 0.25) is 0 Å². The average Bonchev–Trinajstić information content (AvgIpc) is 2.80. The smallest absolute Gasteiger partial charge is 0.146 e. The van der Waals surface area contributed by atoms with Crippen LogP contribution in [0.3, 0.4) is 0 Å². The van der Waals surface area contributed by atoms with E-state index in [1.54, 1.807) is 12.1 Å². The van der Waals surface area contributed by atoms with Crippen LogP contribution >= 0.6 is 0 Å². The number of hydrogen-bond acceptors (Lipinski definition) is 6. The Morgan fingerprint density at radius 1 is 1.00 bits per heavy atom. The Hall–Kier alpha value is -2.19. The van der Waals surface area contributed by atoms with Crippen molar-refractivity contribution >= 4 is 5.69 Å². The van der Waals surface area contributed by atoms with Crippen molar-refractivity contribution in [1.82, 2.24) is 4.90 Å². The fourth-order valence-electron chi connectivity index (χ4n) is 5.21. The number of ether oxygens (including phenoxy) is 1. The van der Waals surface area contributed by atoms with Crippen molar-refractivity contribution in [2.24, 2.45) is 0 Å². The van der Waals surface area contributed by atoms with Gasteiger partial charge >= 0.3 is 0 Å². The number of likely N-dealkylation sites (tertiary alicyclic amines) is 1. The van der Waals surface area contributed by atoms with Gasteiger partial charge in [0.25, 0.3) is 0 Å². The van der Waals surface area contributed by atoms with Gasteiger partial charge in [-0.25, -0.2) is 4.39 Å². The first-order valence-electron chi connectivity index (χ1n) is 12.1. The lowest BCUT2D eigenvalue weighted by molar-refractivity contribution is -0.149. The fraction of sp³-hybridized carbons (Fsp3) is 0.556. The molecule has 2 atom stereocenters. The minimum absolute atomic E-state index is 0.0186. The Morgan fingerprint density at radius 2 is 1.68 bits per heavy atom. The molecule has 3 N–H and O–H groups in total. The van der Waals surface area contributed by atoms with Crippen LogP contribution in [0.1, 0.15) is 36.0 Å². The summed E-state index contributed by atoms with van der Waals surface area (Å²) in [5.74, 6) is 0.499. The summed E-state index contributed by atoms with van der Waals surface area (Å²) in [5.41, 5.74) is 1.36. The molecule has 2 saturated heterocycles. The minimum atomic E-state index is -1.43. The standard InChI is InChI=1S/C27H37FN2O4/c1-19-8-9-20(2)25(21(19)3)34-18-27(33)17-29(13-10-24(27)31)16-26(32)11-14-30(15-12-26)23-7-5-4-6-22(23)28/h4-9,24,31-33H,10-18H2,1-3H3/t24-,27-/m0/s1. The zero-order valence-corrected chi connectivity index (χ0v) is 20.4. The third-order valence-electron chi connectivity index (χ3n) is 7.58. The summed E-state index contributed by atoms with van der Waals surface area (Å²) in [7, 11) is 0. The van der Waals surface area contributed by atoms with Gasteiger partial charge in [-0.3, -0.25) is 4.90 Å². The van der Waals surface area contributed by atoms with Gasteiger partial charge in [-0.15, -0.1) is 0 Å². The molecule has 7 heteroatoms. The maximum atomic E-state index is 14.2. The van der Waals surface area contributed by atoms with Crippen molar-refractivity contribution in [2.45, 2.75) is 57.3 Å². The molecule has 186 valence electrons. The summed E-state index contributed by atoms with van der Waals surface area (Å²) in [5, 5.41) is 33.2. The Balaban J connectivity index is 1.37. The van der Waals surface area contributed by atoms with Crippen LogP contribution in [0.15, 0.2) is 36.4 Å². The van der Waals surface area contributed by atoms with E-state index < -0.39 is 17.3 Å². The molecule has 0 amide bonds. The van der Waals surface area contributed by atoms with Crippen LogP contribution in [0.2, 0.25) is 0 Å². The SMILES string of the molecule is Cc1ccc(C)c(OC[C@@]2(O)CN(CC3(O)CCN(c4ccccc4F)CC3)CC[C@@H]2O)c1C. The highest BCUT2D eigenvalue weighted by atomic mass is 19.1. The highest BCUT2D eigenvalue weighted by Crippen LogP contribution is 2.32. The van der Waals surface area contributed by atoms with Crippen LogP contribution in [-0.2, 0) is 0 Å². The van der Waals surface area contributed by atoms with Gasteiger partial charge in [-0.2, -0.15) is 0 Å². The maximum Gasteiger partial charge on any atom is 0.146 e. The number of benzene rings is 2. The van der Waals surface area contributed by atoms with E-state index in [1.165, 1.54) is 6.07 Å². The summed E-state index contributed by atoms with van der Waals surface area (Å²) in [4.78, 5) is 3.99. The number of piperidine rings is 2. The van der Waals surface area contributed by atoms with E-state index in [9.17, 15) is 19.7 Å². The molecule has 0 spiro atoms. The quantitative estimate of drug-likeness (QED) is 0.600. The molecule has 2 aliphatic rings. The van der Waals surface area contributed by atoms with Crippen LogP contribution in [0.25, 0.3) is 0 Å². The van der Waals surface area contributed by atoms with Gasteiger partial charge in [-0.1, -0.05) is 24.3 Å². The van der Waals surface area contributed by atoms with Crippen LogP contribution in [0.5, 0.6) is 5.75 Å². The monoisotopic (exact) mass is 472 g/mol. The second kappa shape index (κ2) is 9.82. The molecule has 34 heavy (non-hydrogen) atoms. The van der Waals surface area contributed by atoms with Gasteiger partial charge in [0.15, 0.2) is 0 Å². The molecule has 0 aliphatic carbocycles. The van der Waals surface area contributed by atoms with Crippen molar-refractivity contribution in [3.05, 3.63) is 58.9 Å². The summed E-state index contributed by atoms with van der Waals surface area (Å²) in [6, 6.07) is 10.8. The highest BCUT2D eigenvalue weighted by molar-refractivity contribution is 5.48. The van der Waals surface area contributed by atoms with E-state index in [2.05, 4.69) is 0 Å². The first-order valence-corrected chi connectivity index (χ1v) is 12.1. The summed E-state index contributed by atoms with van der Waals surface area (Å²) in [6.45, 7) is 8.30. The molecule has 0 unspecified atom stereocenters. The topological polar surface area (TPSA) is 76.4 Å². The zero-order valence-electron chi connectivity index (χ0n) is 20.4. The van der Waals surface area contributed by atoms with Crippen LogP contribution in [0, 0.1) is 26.6 Å². The first-order chi connectivity index (χ1) is 16.1. The molecule has 6 nitrogen and oxygen atoms in total. The molecule has 2 fully saturated rings. The van der Waals surface area contributed by atoms with Crippen molar-refractivity contribution in [1.29, 1.82) is 0 Å². The highest BCUT2D eigenvalue weighted by Gasteiger charge is 2.44. The number of rotatable bonds is 6. The number of aryl methyl sites for hydroxylation is 2. The van der Waals surface area contributed by atoms with E-state index in [1.807, 2.05) is 48.8 Å². The molecular formula is C27H37FN2O4. The third-order valence-corrected chi connectivity index (χ3v) is 7.58. The number of para-hydroxylation sites is 1. The Labute approximate surface area is 201 Å². The van der Waals surface area contributed by atoms with Gasteiger partial charge in [0.1, 0.15) is 23.8 Å². The van der Waals surface area contributed by atoms with Gasteiger partial charge in [0, 0.05) is 32.7 Å². The second-order valence-corrected chi connectivity index (χ2v) is 10.2. The van der Waals surface area contributed by atoms with E-state index in [0.717, 1.165) is 22.4 Å². The molecule has 0 saturated carbocycles. The van der Waals surface area contributed by atoms with E-state index in [-0.39, 0.29) is 19.0 Å². The second-order valence-electron chi connectivity index (χ2n) is 10.2. The minimum Gasteiger partial charge on any atom is -0.490 e. The number of anilines is 1. The number of aliphatic hydroxyl groups excluding tert-OH is 1. The van der Waals surface area contributed by atoms with Gasteiger partial charge < -0.3 is 25.0 Å². The molecule has 0 aromatic heterocycles. The predicted octanol–water partition coefficient (Wildman–Crippen LogP) is 2.96. The van der Waals surface area contributed by atoms with Crippen molar-refractivity contribution in [3.8, 4) is 5.75 Å². The van der Waals surface area contributed by atoms with E-state index >= 15 is 0 Å². The largest absolute Gasteiger partial charge is 0.490 e. The molecule has 4 rings (SSSR count). The van der Waals surface area contributed by atoms with Crippen LogP contribution in [0.4, 0.5) is 10.1 Å². The molecule has 0 bridgehead atoms. The average molecular weight is 473 g/mol. The molecule has 2 aromatic rings. The van der Waals surface area contributed by atoms with E-state index in [4.69, 9.17) is 4.74 Å². The number of nitrogens with zero attached hydrogens (tertiary/aromatic N) is 2. The molecular weight excluding hydrogens is 435 g/mol. The Kier molecular flexibility index (Phi) is 7.20. The zero-order chi connectivity index (χ0) is 24.5.